The third-order valence-electron chi connectivity index (χ3n) is 5.76. The van der Waals surface area contributed by atoms with E-state index in [1.165, 1.54) is 37.3 Å². The molecule has 0 aliphatic carbocycles. The third-order valence-corrected chi connectivity index (χ3v) is 6.69. The summed E-state index contributed by atoms with van der Waals surface area (Å²) >= 11 is 1.10. The number of hydrogen-bond acceptors (Lipinski definition) is 7. The number of amides is 2. The summed E-state index contributed by atoms with van der Waals surface area (Å²) < 4.78 is 40.0. The number of carbonyl (C=O) groups excluding carboxylic acids is 2. The van der Waals surface area contributed by atoms with Gasteiger partial charge in [0, 0.05) is 17.8 Å². The SMILES string of the molecule is Cc1c(Oc2ccnc(C3=CCOC(=O)C3C)c2)ccc(NC(=O)Nc2nc3ccc(F)cc3s2)c1F. The smallest absolute Gasteiger partial charge is 0.325 e. The van der Waals surface area contributed by atoms with Crippen molar-refractivity contribution in [2.45, 2.75) is 13.8 Å². The van der Waals surface area contributed by atoms with Crippen LogP contribution in [0.25, 0.3) is 15.8 Å². The van der Waals surface area contributed by atoms with E-state index in [9.17, 15) is 14.0 Å². The Morgan fingerprint density at radius 2 is 2.00 bits per heavy atom. The first-order valence-electron chi connectivity index (χ1n) is 11.2. The highest BCUT2D eigenvalue weighted by Crippen LogP contribution is 2.33. The van der Waals surface area contributed by atoms with Crippen molar-refractivity contribution in [3.8, 4) is 11.5 Å². The van der Waals surface area contributed by atoms with Crippen molar-refractivity contribution in [3.63, 3.8) is 0 Å². The van der Waals surface area contributed by atoms with E-state index in [-0.39, 0.29) is 34.7 Å². The van der Waals surface area contributed by atoms with E-state index in [1.54, 1.807) is 31.3 Å². The zero-order valence-electron chi connectivity index (χ0n) is 19.7. The summed E-state index contributed by atoms with van der Waals surface area (Å²) in [7, 11) is 0. The quantitative estimate of drug-likeness (QED) is 0.299. The minimum absolute atomic E-state index is 0.0513. The molecule has 0 saturated carbocycles. The average Bonchev–Trinajstić information content (AvgIpc) is 3.26. The Hall–Kier alpha value is -4.38. The number of hydrogen-bond donors (Lipinski definition) is 2. The molecule has 2 aromatic carbocycles. The topological polar surface area (TPSA) is 102 Å². The van der Waals surface area contributed by atoms with Crippen LogP contribution >= 0.6 is 11.3 Å². The largest absolute Gasteiger partial charge is 0.461 e. The fourth-order valence-electron chi connectivity index (χ4n) is 3.81. The van der Waals surface area contributed by atoms with Gasteiger partial charge in [-0.15, -0.1) is 0 Å². The molecule has 3 heterocycles. The number of thiazole rings is 1. The third kappa shape index (κ3) is 5.12. The van der Waals surface area contributed by atoms with Gasteiger partial charge in [0.2, 0.25) is 0 Å². The molecule has 0 saturated heterocycles. The summed E-state index contributed by atoms with van der Waals surface area (Å²) in [5.41, 5.74) is 1.96. The number of rotatable bonds is 5. The number of urea groups is 1. The van der Waals surface area contributed by atoms with Crippen LogP contribution in [0.1, 0.15) is 18.2 Å². The molecular weight excluding hydrogens is 502 g/mol. The fourth-order valence-corrected chi connectivity index (χ4v) is 4.69. The monoisotopic (exact) mass is 522 g/mol. The molecule has 0 fully saturated rings. The summed E-state index contributed by atoms with van der Waals surface area (Å²) in [6.07, 6.45) is 3.34. The average molecular weight is 523 g/mol. The number of halogens is 2. The Morgan fingerprint density at radius 1 is 1.16 bits per heavy atom. The lowest BCUT2D eigenvalue weighted by molar-refractivity contribution is -0.145. The molecule has 4 aromatic rings. The summed E-state index contributed by atoms with van der Waals surface area (Å²) in [4.78, 5) is 32.9. The van der Waals surface area contributed by atoms with Gasteiger partial charge in [0.25, 0.3) is 0 Å². The molecule has 0 bridgehead atoms. The number of cyclic esters (lactones) is 1. The van der Waals surface area contributed by atoms with Gasteiger partial charge in [0.1, 0.15) is 23.9 Å². The first kappa shape index (κ1) is 24.3. The van der Waals surface area contributed by atoms with E-state index in [4.69, 9.17) is 9.47 Å². The van der Waals surface area contributed by atoms with Crippen molar-refractivity contribution < 1.29 is 27.8 Å². The number of benzene rings is 2. The van der Waals surface area contributed by atoms with Crippen LogP contribution in [0.4, 0.5) is 24.4 Å². The van der Waals surface area contributed by atoms with Gasteiger partial charge in [0.15, 0.2) is 10.9 Å². The van der Waals surface area contributed by atoms with E-state index < -0.39 is 23.6 Å². The number of carbonyl (C=O) groups is 2. The van der Waals surface area contributed by atoms with E-state index in [1.807, 2.05) is 0 Å². The Morgan fingerprint density at radius 3 is 2.84 bits per heavy atom. The second-order valence-electron chi connectivity index (χ2n) is 8.25. The molecule has 8 nitrogen and oxygen atoms in total. The first-order chi connectivity index (χ1) is 17.8. The first-order valence-corrected chi connectivity index (χ1v) is 12.0. The zero-order chi connectivity index (χ0) is 26.1. The van der Waals surface area contributed by atoms with Crippen LogP contribution in [0.5, 0.6) is 11.5 Å². The normalized spacial score (nSPS) is 15.2. The molecule has 2 aromatic heterocycles. The molecule has 1 aliphatic rings. The van der Waals surface area contributed by atoms with Crippen LogP contribution < -0.4 is 15.4 Å². The molecule has 37 heavy (non-hydrogen) atoms. The van der Waals surface area contributed by atoms with E-state index >= 15 is 4.39 Å². The molecule has 188 valence electrons. The van der Waals surface area contributed by atoms with Crippen molar-refractivity contribution in [2.24, 2.45) is 5.92 Å². The van der Waals surface area contributed by atoms with Gasteiger partial charge >= 0.3 is 12.0 Å². The van der Waals surface area contributed by atoms with E-state index in [0.29, 0.717) is 21.7 Å². The summed E-state index contributed by atoms with van der Waals surface area (Å²) in [5, 5.41) is 5.24. The standard InChI is InChI=1S/C26H20F2N4O4S/c1-13-17(8-10-35-24(13)33)20-12-16(7-9-29-20)36-21-6-5-19(23(28)14(21)2)30-25(34)32-26-31-18-4-3-15(27)11-22(18)37-26/h3-9,11-13H,10H2,1-2H3,(H2,30,31,32,34). The number of ether oxygens (including phenoxy) is 2. The van der Waals surface area contributed by atoms with Crippen LogP contribution in [0.3, 0.4) is 0 Å². The minimum atomic E-state index is -0.696. The molecule has 0 spiro atoms. The van der Waals surface area contributed by atoms with Crippen molar-refractivity contribution in [1.29, 1.82) is 0 Å². The van der Waals surface area contributed by atoms with Gasteiger partial charge < -0.3 is 14.8 Å². The Bertz CT molecular complexity index is 1570. The van der Waals surface area contributed by atoms with Crippen LogP contribution in [0, 0.1) is 24.5 Å². The molecule has 2 N–H and O–H groups in total. The number of fused-ring (bicyclic) bond motifs is 1. The van der Waals surface area contributed by atoms with Gasteiger partial charge in [-0.3, -0.25) is 15.1 Å². The lowest BCUT2D eigenvalue weighted by Gasteiger charge is -2.20. The molecule has 2 amide bonds. The van der Waals surface area contributed by atoms with Crippen molar-refractivity contribution in [2.75, 3.05) is 17.2 Å². The summed E-state index contributed by atoms with van der Waals surface area (Å²) in [6, 6.07) is 9.63. The van der Waals surface area contributed by atoms with Crippen LogP contribution in [0.15, 0.2) is 54.7 Å². The molecule has 0 radical (unpaired) electrons. The van der Waals surface area contributed by atoms with Crippen LogP contribution in [-0.4, -0.2) is 28.6 Å². The number of pyridine rings is 1. The number of anilines is 2. The zero-order valence-corrected chi connectivity index (χ0v) is 20.5. The lowest BCUT2D eigenvalue weighted by atomic mass is 9.96. The predicted molar refractivity (Wildman–Crippen MR) is 136 cm³/mol. The molecule has 11 heteroatoms. The van der Waals surface area contributed by atoms with Gasteiger partial charge in [-0.1, -0.05) is 11.3 Å². The van der Waals surface area contributed by atoms with Gasteiger partial charge in [-0.2, -0.15) is 0 Å². The minimum Gasteiger partial charge on any atom is -0.461 e. The number of esters is 1. The van der Waals surface area contributed by atoms with E-state index in [0.717, 1.165) is 16.9 Å². The number of aromatic nitrogens is 2. The summed E-state index contributed by atoms with van der Waals surface area (Å²) in [6.45, 7) is 3.44. The maximum atomic E-state index is 15.1. The maximum absolute atomic E-state index is 15.1. The van der Waals surface area contributed by atoms with Crippen molar-refractivity contribution >= 4 is 49.9 Å². The highest BCUT2D eigenvalue weighted by Gasteiger charge is 2.25. The highest BCUT2D eigenvalue weighted by atomic mass is 32.1. The highest BCUT2D eigenvalue weighted by molar-refractivity contribution is 7.22. The fraction of sp³-hybridized carbons (Fsp3) is 0.154. The number of nitrogens with one attached hydrogen (secondary N) is 2. The molecular formula is C26H20F2N4O4S. The van der Waals surface area contributed by atoms with Crippen LogP contribution in [-0.2, 0) is 9.53 Å². The predicted octanol–water partition coefficient (Wildman–Crippen LogP) is 6.29. The molecule has 1 unspecified atom stereocenters. The van der Waals surface area contributed by atoms with Gasteiger partial charge in [-0.05, 0) is 61.9 Å². The van der Waals surface area contributed by atoms with Crippen LogP contribution in [0.2, 0.25) is 0 Å². The van der Waals surface area contributed by atoms with Crippen molar-refractivity contribution in [3.05, 3.63) is 77.6 Å². The van der Waals surface area contributed by atoms with Gasteiger partial charge in [0.05, 0.1) is 27.5 Å². The Labute approximate surface area is 214 Å². The van der Waals surface area contributed by atoms with Gasteiger partial charge in [-0.25, -0.2) is 18.6 Å². The summed E-state index contributed by atoms with van der Waals surface area (Å²) in [5.74, 6) is -1.20. The lowest BCUT2D eigenvalue weighted by Crippen LogP contribution is -2.21. The number of nitrogens with zero attached hydrogens (tertiary/aromatic N) is 2. The second kappa shape index (κ2) is 9.94. The molecule has 1 aliphatic heterocycles. The second-order valence-corrected chi connectivity index (χ2v) is 9.28. The Kier molecular flexibility index (Phi) is 6.53. The van der Waals surface area contributed by atoms with Crippen molar-refractivity contribution in [1.82, 2.24) is 9.97 Å². The molecule has 5 rings (SSSR count). The van der Waals surface area contributed by atoms with E-state index in [2.05, 4.69) is 20.6 Å². The maximum Gasteiger partial charge on any atom is 0.325 e. The Balaban J connectivity index is 1.29. The molecule has 1 atom stereocenters.